The number of nitrogens with zero attached hydrogens (tertiary/aromatic N) is 4. The Hall–Kier alpha value is -7.87. The van der Waals surface area contributed by atoms with Crippen LogP contribution >= 0.6 is 0 Å². The van der Waals surface area contributed by atoms with E-state index in [9.17, 15) is 10.2 Å². The number of Topliss-reactive ketones (excluding diaryl/α,β-unsaturated/α-hetero) is 1. The van der Waals surface area contributed by atoms with Gasteiger partial charge in [-0.05, 0) is 71.8 Å². The number of benzene rings is 4. The van der Waals surface area contributed by atoms with Crippen LogP contribution in [0.25, 0.3) is 32.8 Å². The third-order valence-corrected chi connectivity index (χ3v) is 12.2. The number of carbonyl (C=O) groups is 1. The first-order valence-electron chi connectivity index (χ1n) is 21.1. The number of methoxy groups -OCH3 is 2. The average molecular weight is 851 g/mol. The number of aromatic amines is 2. The number of anilines is 2. The molecule has 0 radical (unpaired) electrons. The number of fused-ring (bicyclic) bond motifs is 4. The maximum absolute atomic E-state index is 17.0. The van der Waals surface area contributed by atoms with Gasteiger partial charge in [-0.15, -0.1) is 0 Å². The fourth-order valence-electron chi connectivity index (χ4n) is 9.23. The van der Waals surface area contributed by atoms with E-state index in [1.807, 2.05) is 158 Å². The van der Waals surface area contributed by atoms with Gasteiger partial charge in [-0.1, -0.05) is 72.8 Å². The monoisotopic (exact) mass is 850 g/mol. The van der Waals surface area contributed by atoms with Crippen LogP contribution < -0.4 is 20.1 Å². The summed E-state index contributed by atoms with van der Waals surface area (Å²) in [6, 6.07) is 41.1. The van der Waals surface area contributed by atoms with Crippen molar-refractivity contribution in [3.8, 4) is 11.5 Å². The summed E-state index contributed by atoms with van der Waals surface area (Å²) in [6.45, 7) is -0.503. The van der Waals surface area contributed by atoms with Crippen molar-refractivity contribution < 1.29 is 24.5 Å². The molecule has 6 aromatic heterocycles. The van der Waals surface area contributed by atoms with Crippen LogP contribution in [0.1, 0.15) is 57.6 Å². The maximum atomic E-state index is 17.0. The number of hydrogen-bond donors (Lipinski definition) is 6. The molecule has 6 heterocycles. The van der Waals surface area contributed by atoms with Gasteiger partial charge in [-0.3, -0.25) is 4.79 Å². The molecule has 0 aliphatic heterocycles. The number of ether oxygens (including phenoxy) is 2. The number of pyridine rings is 2. The van der Waals surface area contributed by atoms with Crippen molar-refractivity contribution in [2.75, 3.05) is 24.9 Å². The summed E-state index contributed by atoms with van der Waals surface area (Å²) >= 11 is 0. The molecule has 13 nitrogen and oxygen atoms in total. The Morgan fingerprint density at radius 1 is 0.594 bits per heavy atom. The minimum atomic E-state index is -0.936. The van der Waals surface area contributed by atoms with Crippen LogP contribution in [-0.2, 0) is 18.0 Å². The molecule has 0 aliphatic rings. The lowest BCUT2D eigenvalue weighted by atomic mass is 9.75. The van der Waals surface area contributed by atoms with Crippen LogP contribution in [-0.4, -0.2) is 59.4 Å². The molecule has 320 valence electrons. The summed E-state index contributed by atoms with van der Waals surface area (Å²) in [5, 5.41) is 40.4. The van der Waals surface area contributed by atoms with E-state index in [-0.39, 0.29) is 19.0 Å². The zero-order valence-corrected chi connectivity index (χ0v) is 35.1. The van der Waals surface area contributed by atoms with Gasteiger partial charge in [0.2, 0.25) is 0 Å². The van der Waals surface area contributed by atoms with Crippen molar-refractivity contribution in [3.63, 3.8) is 0 Å². The van der Waals surface area contributed by atoms with Gasteiger partial charge in [0, 0.05) is 57.7 Å². The summed E-state index contributed by atoms with van der Waals surface area (Å²) in [7, 11) is 3.14. The first-order valence-corrected chi connectivity index (χ1v) is 21.1. The highest BCUT2D eigenvalue weighted by Crippen LogP contribution is 2.48. The molecule has 13 heteroatoms. The van der Waals surface area contributed by atoms with Crippen LogP contribution in [0.15, 0.2) is 158 Å². The molecule has 64 heavy (non-hydrogen) atoms. The number of aromatic nitrogens is 6. The number of nitrogens with one attached hydrogen (secondary N) is 4. The van der Waals surface area contributed by atoms with Gasteiger partial charge >= 0.3 is 0 Å². The van der Waals surface area contributed by atoms with Crippen LogP contribution in [0.3, 0.4) is 0 Å². The Balaban J connectivity index is 1.26. The van der Waals surface area contributed by atoms with E-state index in [2.05, 4.69) is 20.6 Å². The largest absolute Gasteiger partial charge is 0.494 e. The van der Waals surface area contributed by atoms with E-state index in [1.54, 1.807) is 23.3 Å². The average Bonchev–Trinajstić information content (AvgIpc) is 4.16. The number of rotatable bonds is 16. The lowest BCUT2D eigenvalue weighted by molar-refractivity contribution is -0.122. The fourth-order valence-corrected chi connectivity index (χ4v) is 9.23. The van der Waals surface area contributed by atoms with Gasteiger partial charge in [-0.2, -0.15) is 10.2 Å². The Labute approximate surface area is 367 Å². The van der Waals surface area contributed by atoms with Crippen LogP contribution in [0.2, 0.25) is 0 Å². The molecule has 0 aliphatic carbocycles. The van der Waals surface area contributed by atoms with Gasteiger partial charge in [0.05, 0.1) is 85.1 Å². The Bertz CT molecular complexity index is 2990. The Morgan fingerprint density at radius 2 is 1.03 bits per heavy atom. The highest BCUT2D eigenvalue weighted by Gasteiger charge is 2.44. The molecule has 0 saturated heterocycles. The van der Waals surface area contributed by atoms with Crippen molar-refractivity contribution in [2.45, 2.75) is 37.1 Å². The predicted octanol–water partition coefficient (Wildman–Crippen LogP) is 9.09. The smallest absolute Gasteiger partial charge is 0.152 e. The summed E-state index contributed by atoms with van der Waals surface area (Å²) in [6.07, 6.45) is 7.62. The molecule has 10 rings (SSSR count). The lowest BCUT2D eigenvalue weighted by Crippen LogP contribution is -2.35. The number of carbonyl (C=O) groups excluding carboxylic acids is 1. The summed E-state index contributed by atoms with van der Waals surface area (Å²) < 4.78 is 15.5. The van der Waals surface area contributed by atoms with E-state index in [1.165, 1.54) is 0 Å². The zero-order valence-electron chi connectivity index (χ0n) is 35.1. The van der Waals surface area contributed by atoms with Crippen molar-refractivity contribution in [2.24, 2.45) is 0 Å². The van der Waals surface area contributed by atoms with Gasteiger partial charge in [0.25, 0.3) is 0 Å². The molecule has 4 unspecified atom stereocenters. The molecule has 4 atom stereocenters. The molecule has 4 aromatic carbocycles. The molecular formula is C51H46N8O5. The number of ketones is 1. The Kier molecular flexibility index (Phi) is 10.8. The molecule has 0 bridgehead atoms. The second-order valence-corrected chi connectivity index (χ2v) is 15.8. The van der Waals surface area contributed by atoms with E-state index in [4.69, 9.17) is 19.7 Å². The summed E-state index contributed by atoms with van der Waals surface area (Å²) in [5.41, 5.74) is 8.50. The van der Waals surface area contributed by atoms with E-state index < -0.39 is 23.9 Å². The maximum Gasteiger partial charge on any atom is 0.152 e. The van der Waals surface area contributed by atoms with Crippen molar-refractivity contribution in [1.82, 2.24) is 29.2 Å². The third kappa shape index (κ3) is 7.16. The number of para-hydroxylation sites is 4. The molecule has 6 N–H and O–H groups in total. The van der Waals surface area contributed by atoms with Gasteiger partial charge < -0.3 is 40.3 Å². The van der Waals surface area contributed by atoms with Crippen molar-refractivity contribution in [3.05, 3.63) is 192 Å². The number of aliphatic hydroxyl groups excluding tert-OH is 2. The second kappa shape index (κ2) is 17.1. The molecule has 10 aromatic rings. The fraction of sp³-hybridized carbons (Fsp3) is 0.157. The summed E-state index contributed by atoms with van der Waals surface area (Å²) in [5.74, 6) is -1.11. The number of hydrogen-bond acceptors (Lipinski definition) is 9. The topological polar surface area (TPSA) is 166 Å². The first-order chi connectivity index (χ1) is 31.5. The Morgan fingerprint density at radius 3 is 1.45 bits per heavy atom. The van der Waals surface area contributed by atoms with Gasteiger partial charge in [0.15, 0.2) is 5.78 Å². The standard InChI is InChI=1S/C51H46N8O5/c1-63-50-31(29-60)13-11-21-41(50)54-47(43-25-33-15-7-9-23-58(33)56-43)45(37-27-52-39-19-5-3-17-35(37)39)49(62)46(38-28-53-40-20-6-4-18-36(38)40)48(44-26-34-16-8-10-24-59(34)57-44)55-42-22-12-14-32(30-61)51(42)64-2/h3-28,45-48,52-55,60-61H,29-30H2,1-2H3. The normalized spacial score (nSPS) is 13.6. The third-order valence-electron chi connectivity index (χ3n) is 12.2. The molecular weight excluding hydrogens is 805 g/mol. The summed E-state index contributed by atoms with van der Waals surface area (Å²) in [4.78, 5) is 23.9. The second-order valence-electron chi connectivity index (χ2n) is 15.8. The molecule has 0 amide bonds. The number of H-pyrrole nitrogens is 2. The quantitative estimate of drug-likeness (QED) is 0.0556. The zero-order chi connectivity index (χ0) is 43.7. The van der Waals surface area contributed by atoms with Crippen LogP contribution in [0, 0.1) is 0 Å². The van der Waals surface area contributed by atoms with E-state index in [0.717, 1.165) is 44.0 Å². The highest BCUT2D eigenvalue weighted by molar-refractivity contribution is 6.01. The predicted molar refractivity (Wildman–Crippen MR) is 248 cm³/mol. The minimum absolute atomic E-state index is 0.145. The number of aliphatic hydroxyl groups is 2. The lowest BCUT2D eigenvalue weighted by Gasteiger charge is -2.34. The van der Waals surface area contributed by atoms with Crippen LogP contribution in [0.5, 0.6) is 11.5 Å². The van der Waals surface area contributed by atoms with Crippen LogP contribution in [0.4, 0.5) is 11.4 Å². The van der Waals surface area contributed by atoms with Gasteiger partial charge in [0.1, 0.15) is 11.5 Å². The van der Waals surface area contributed by atoms with Crippen molar-refractivity contribution in [1.29, 1.82) is 0 Å². The van der Waals surface area contributed by atoms with Gasteiger partial charge in [-0.25, -0.2) is 9.03 Å². The molecule has 0 fully saturated rings. The molecule has 0 spiro atoms. The van der Waals surface area contributed by atoms with Crippen molar-refractivity contribution >= 4 is 50.0 Å². The minimum Gasteiger partial charge on any atom is -0.494 e. The van der Waals surface area contributed by atoms with E-state index in [0.29, 0.717) is 45.4 Å². The van der Waals surface area contributed by atoms with E-state index >= 15 is 4.79 Å². The highest BCUT2D eigenvalue weighted by atomic mass is 16.5. The molecule has 0 saturated carbocycles. The first kappa shape index (κ1) is 40.2. The SMILES string of the molecule is COc1c(CO)cccc1NC(c1cc2ccccn2n1)C(C(=O)C(c1c[nH]c2ccccc12)C(Nc1cccc(CO)c1OC)c1cc2ccccn2n1)c1c[nH]c2ccccc12.